The highest BCUT2D eigenvalue weighted by atomic mass is 16.5. The van der Waals surface area contributed by atoms with E-state index in [1.54, 1.807) is 40.3 Å². The fraction of sp³-hybridized carbons (Fsp3) is 0.389. The number of nitrogens with zero attached hydrogens (tertiary/aromatic N) is 6. The normalized spacial score (nSPS) is 17.4. The van der Waals surface area contributed by atoms with Gasteiger partial charge in [0.15, 0.2) is 11.5 Å². The van der Waals surface area contributed by atoms with Crippen molar-refractivity contribution in [3.8, 4) is 11.6 Å². The van der Waals surface area contributed by atoms with Crippen molar-refractivity contribution in [3.05, 3.63) is 42.3 Å². The van der Waals surface area contributed by atoms with Gasteiger partial charge in [-0.15, -0.1) is 5.10 Å². The number of hydrogen-bond donors (Lipinski definition) is 0. The summed E-state index contributed by atoms with van der Waals surface area (Å²) in [5.41, 5.74) is 0.539. The quantitative estimate of drug-likeness (QED) is 0.637. The fourth-order valence-electron chi connectivity index (χ4n) is 2.93. The van der Waals surface area contributed by atoms with Crippen LogP contribution in [0, 0.1) is 0 Å². The average Bonchev–Trinajstić information content (AvgIpc) is 3.46. The minimum absolute atomic E-state index is 0.0484. The summed E-state index contributed by atoms with van der Waals surface area (Å²) in [4.78, 5) is 18.5. The van der Waals surface area contributed by atoms with Crippen molar-refractivity contribution in [2.45, 2.75) is 32.2 Å². The third kappa shape index (κ3) is 3.67. The number of likely N-dealkylation sites (tertiary alicyclic amines) is 1. The molecule has 1 fully saturated rings. The molecular formula is C18H20N6O3. The molecule has 1 atom stereocenters. The molecule has 1 aliphatic heterocycles. The minimum Gasteiger partial charge on any atom is -0.465 e. The van der Waals surface area contributed by atoms with E-state index in [4.69, 9.17) is 8.94 Å². The van der Waals surface area contributed by atoms with Crippen molar-refractivity contribution in [1.29, 1.82) is 0 Å². The van der Waals surface area contributed by atoms with Crippen molar-refractivity contribution >= 4 is 12.0 Å². The lowest BCUT2D eigenvalue weighted by Gasteiger charge is -2.14. The van der Waals surface area contributed by atoms with Crippen LogP contribution in [-0.4, -0.2) is 49.0 Å². The first-order valence-corrected chi connectivity index (χ1v) is 8.86. The molecule has 27 heavy (non-hydrogen) atoms. The number of amides is 1. The number of carbonyl (C=O) groups excluding carboxylic acids is 1. The number of hydrogen-bond acceptors (Lipinski definition) is 7. The predicted molar refractivity (Wildman–Crippen MR) is 95.4 cm³/mol. The zero-order valence-corrected chi connectivity index (χ0v) is 15.1. The van der Waals surface area contributed by atoms with Crippen LogP contribution >= 0.6 is 0 Å². The molecule has 0 unspecified atom stereocenters. The summed E-state index contributed by atoms with van der Waals surface area (Å²) >= 11 is 0. The maximum absolute atomic E-state index is 12.3. The highest BCUT2D eigenvalue weighted by Crippen LogP contribution is 2.24. The summed E-state index contributed by atoms with van der Waals surface area (Å²) in [6.07, 6.45) is 7.37. The molecule has 3 aromatic heterocycles. The van der Waals surface area contributed by atoms with Gasteiger partial charge < -0.3 is 13.8 Å². The Morgan fingerprint density at radius 2 is 2.30 bits per heavy atom. The first-order chi connectivity index (χ1) is 13.1. The van der Waals surface area contributed by atoms with Crippen LogP contribution in [-0.2, 0) is 4.79 Å². The molecule has 3 aromatic rings. The maximum atomic E-state index is 12.3. The van der Waals surface area contributed by atoms with E-state index in [1.165, 1.54) is 6.08 Å². The lowest BCUT2D eigenvalue weighted by Crippen LogP contribution is -2.27. The van der Waals surface area contributed by atoms with Crippen LogP contribution in [0.15, 0.2) is 39.6 Å². The van der Waals surface area contributed by atoms with Gasteiger partial charge in [-0.3, -0.25) is 4.79 Å². The van der Waals surface area contributed by atoms with Crippen LogP contribution in [0.5, 0.6) is 0 Å². The van der Waals surface area contributed by atoms with Crippen LogP contribution in [0.4, 0.5) is 0 Å². The lowest BCUT2D eigenvalue weighted by atomic mass is 10.2. The first kappa shape index (κ1) is 17.2. The van der Waals surface area contributed by atoms with E-state index in [9.17, 15) is 4.79 Å². The van der Waals surface area contributed by atoms with Crippen molar-refractivity contribution < 1.29 is 13.7 Å². The third-order valence-corrected chi connectivity index (χ3v) is 4.47. The van der Waals surface area contributed by atoms with Gasteiger partial charge in [0.1, 0.15) is 5.76 Å². The van der Waals surface area contributed by atoms with Crippen LogP contribution < -0.4 is 0 Å². The monoisotopic (exact) mass is 368 g/mol. The summed E-state index contributed by atoms with van der Waals surface area (Å²) in [5, 5.41) is 12.3. The third-order valence-electron chi connectivity index (χ3n) is 4.47. The molecule has 9 nitrogen and oxygen atoms in total. The van der Waals surface area contributed by atoms with E-state index in [0.29, 0.717) is 36.3 Å². The van der Waals surface area contributed by atoms with E-state index in [1.807, 2.05) is 13.8 Å². The van der Waals surface area contributed by atoms with Gasteiger partial charge in [0.05, 0.1) is 18.5 Å². The standard InChI is InChI=1S/C18H20N6O3/c1-12(2)17-19-18(27-21-17)15-11-24(22-20-15)13-7-8-23(10-13)16(25)6-5-14-4-3-9-26-14/h3-6,9,11-13H,7-8,10H2,1-2H3/b6-5+/t13-/m1/s1. The fourth-order valence-corrected chi connectivity index (χ4v) is 2.93. The van der Waals surface area contributed by atoms with Crippen LogP contribution in [0.2, 0.25) is 0 Å². The number of rotatable bonds is 5. The van der Waals surface area contributed by atoms with Gasteiger partial charge in [0, 0.05) is 25.1 Å². The van der Waals surface area contributed by atoms with E-state index in [2.05, 4.69) is 20.5 Å². The summed E-state index contributed by atoms with van der Waals surface area (Å²) in [7, 11) is 0. The second-order valence-corrected chi connectivity index (χ2v) is 6.77. The lowest BCUT2D eigenvalue weighted by molar-refractivity contribution is -0.125. The molecule has 1 amide bonds. The molecular weight excluding hydrogens is 348 g/mol. The molecule has 0 aromatic carbocycles. The molecule has 9 heteroatoms. The van der Waals surface area contributed by atoms with Gasteiger partial charge in [0.2, 0.25) is 5.91 Å². The largest absolute Gasteiger partial charge is 0.465 e. The van der Waals surface area contributed by atoms with Gasteiger partial charge >= 0.3 is 0 Å². The molecule has 0 spiro atoms. The Labute approximate surface area is 155 Å². The predicted octanol–water partition coefficient (Wildman–Crippen LogP) is 2.53. The number of aromatic nitrogens is 5. The highest BCUT2D eigenvalue weighted by molar-refractivity contribution is 5.91. The highest BCUT2D eigenvalue weighted by Gasteiger charge is 2.28. The van der Waals surface area contributed by atoms with Crippen molar-refractivity contribution in [3.63, 3.8) is 0 Å². The number of furan rings is 1. The maximum Gasteiger partial charge on any atom is 0.280 e. The summed E-state index contributed by atoms with van der Waals surface area (Å²) < 4.78 is 12.2. The van der Waals surface area contributed by atoms with Crippen LogP contribution in [0.3, 0.4) is 0 Å². The zero-order chi connectivity index (χ0) is 18.8. The van der Waals surface area contributed by atoms with Crippen LogP contribution in [0.25, 0.3) is 17.7 Å². The zero-order valence-electron chi connectivity index (χ0n) is 15.1. The first-order valence-electron chi connectivity index (χ1n) is 8.86. The topological polar surface area (TPSA) is 103 Å². The van der Waals surface area contributed by atoms with Crippen molar-refractivity contribution in [2.24, 2.45) is 0 Å². The molecule has 0 bridgehead atoms. The molecule has 0 N–H and O–H groups in total. The Kier molecular flexibility index (Phi) is 4.57. The second kappa shape index (κ2) is 7.18. The van der Waals surface area contributed by atoms with E-state index >= 15 is 0 Å². The molecule has 1 aliphatic rings. The Hall–Kier alpha value is -3.23. The molecule has 140 valence electrons. The SMILES string of the molecule is CC(C)c1noc(-c2cn([C@@H]3CCN(C(=O)/C=C/c4ccco4)C3)nn2)n1. The average molecular weight is 368 g/mol. The molecule has 0 aliphatic carbocycles. The van der Waals surface area contributed by atoms with E-state index < -0.39 is 0 Å². The summed E-state index contributed by atoms with van der Waals surface area (Å²) in [6.45, 7) is 5.23. The molecule has 4 heterocycles. The summed E-state index contributed by atoms with van der Waals surface area (Å²) in [6, 6.07) is 3.65. The summed E-state index contributed by atoms with van der Waals surface area (Å²) in [5.74, 6) is 1.78. The molecule has 0 radical (unpaired) electrons. The van der Waals surface area contributed by atoms with Gasteiger partial charge in [0.25, 0.3) is 5.89 Å². The Morgan fingerprint density at radius 1 is 1.41 bits per heavy atom. The van der Waals surface area contributed by atoms with E-state index in [0.717, 1.165) is 6.42 Å². The Balaban J connectivity index is 1.40. The minimum atomic E-state index is -0.0484. The van der Waals surface area contributed by atoms with Gasteiger partial charge in [-0.2, -0.15) is 4.98 Å². The van der Waals surface area contributed by atoms with Gasteiger partial charge in [-0.05, 0) is 24.6 Å². The molecule has 1 saturated heterocycles. The Bertz CT molecular complexity index is 940. The number of carbonyl (C=O) groups is 1. The van der Waals surface area contributed by atoms with Gasteiger partial charge in [-0.1, -0.05) is 24.2 Å². The smallest absolute Gasteiger partial charge is 0.280 e. The Morgan fingerprint density at radius 3 is 3.04 bits per heavy atom. The van der Waals surface area contributed by atoms with Gasteiger partial charge in [-0.25, -0.2) is 4.68 Å². The van der Waals surface area contributed by atoms with Crippen LogP contribution in [0.1, 0.15) is 43.8 Å². The molecule has 0 saturated carbocycles. The molecule has 4 rings (SSSR count). The second-order valence-electron chi connectivity index (χ2n) is 6.77. The van der Waals surface area contributed by atoms with Crippen molar-refractivity contribution in [2.75, 3.05) is 13.1 Å². The van der Waals surface area contributed by atoms with E-state index in [-0.39, 0.29) is 17.9 Å². The van der Waals surface area contributed by atoms with Crippen molar-refractivity contribution in [1.82, 2.24) is 30.0 Å².